The molecule has 0 bridgehead atoms. The van der Waals surface area contributed by atoms with Gasteiger partial charge in [-0.2, -0.15) is 0 Å². The van der Waals surface area contributed by atoms with Crippen molar-refractivity contribution in [1.82, 2.24) is 14.9 Å². The Morgan fingerprint density at radius 3 is 2.28 bits per heavy atom. The van der Waals surface area contributed by atoms with Crippen molar-refractivity contribution in [3.63, 3.8) is 0 Å². The Morgan fingerprint density at radius 2 is 1.79 bits per heavy atom. The summed E-state index contributed by atoms with van der Waals surface area (Å²) in [6.45, 7) is 12.5. The number of esters is 1. The average Bonchev–Trinajstić information content (AvgIpc) is 3.00. The van der Waals surface area contributed by atoms with Crippen LogP contribution in [0.25, 0.3) is 0 Å². The number of carbonyl (C=O) groups is 3. The zero-order valence-corrected chi connectivity index (χ0v) is 18.7. The van der Waals surface area contributed by atoms with E-state index in [9.17, 15) is 14.4 Å². The number of ether oxygens (including phenoxy) is 2. The third-order valence-electron chi connectivity index (χ3n) is 3.16. The fourth-order valence-electron chi connectivity index (χ4n) is 1.98. The molecule has 0 radical (unpaired) electrons. The molecule has 0 spiro atoms. The number of hydrogen-bond donors (Lipinski definition) is 2. The van der Waals surface area contributed by atoms with Crippen molar-refractivity contribution in [3.8, 4) is 0 Å². The van der Waals surface area contributed by atoms with Crippen LogP contribution in [0.5, 0.6) is 0 Å². The Kier molecular flexibility index (Phi) is 10.4. The van der Waals surface area contributed by atoms with Gasteiger partial charge in [-0.25, -0.2) is 14.6 Å². The van der Waals surface area contributed by atoms with E-state index in [-0.39, 0.29) is 11.6 Å². The molecular formula is C20H32N4O5. The molecule has 0 atom stereocenters. The van der Waals surface area contributed by atoms with Crippen LogP contribution in [0, 0.1) is 0 Å². The van der Waals surface area contributed by atoms with Crippen LogP contribution in [0.1, 0.15) is 59.1 Å². The fourth-order valence-corrected chi connectivity index (χ4v) is 1.98. The zero-order chi connectivity index (χ0) is 22.8. The molecule has 1 heterocycles. The van der Waals surface area contributed by atoms with E-state index in [0.29, 0.717) is 11.3 Å². The highest BCUT2D eigenvalue weighted by atomic mass is 16.6. The molecule has 0 aliphatic carbocycles. The summed E-state index contributed by atoms with van der Waals surface area (Å²) in [6, 6.07) is 0. The van der Waals surface area contributed by atoms with Crippen molar-refractivity contribution >= 4 is 23.8 Å². The smallest absolute Gasteiger partial charge is 0.413 e. The highest BCUT2D eigenvalue weighted by Crippen LogP contribution is 2.12. The minimum absolute atomic E-state index is 0.0736. The highest BCUT2D eigenvalue weighted by Gasteiger charge is 2.19. The van der Waals surface area contributed by atoms with Crippen molar-refractivity contribution in [2.45, 2.75) is 54.1 Å². The molecule has 2 amide bonds. The van der Waals surface area contributed by atoms with Gasteiger partial charge in [-0.3, -0.25) is 10.1 Å². The number of aromatic nitrogens is 2. The molecule has 0 aliphatic rings. The van der Waals surface area contributed by atoms with Gasteiger partial charge in [0, 0.05) is 24.5 Å². The first-order chi connectivity index (χ1) is 13.5. The van der Waals surface area contributed by atoms with Crippen LogP contribution >= 0.6 is 0 Å². The Morgan fingerprint density at radius 1 is 1.21 bits per heavy atom. The lowest BCUT2D eigenvalue weighted by atomic mass is 10.2. The summed E-state index contributed by atoms with van der Waals surface area (Å²) in [4.78, 5) is 39.8. The number of nitrogens with zero attached hydrogens (tertiary/aromatic N) is 2. The molecule has 2 N–H and O–H groups in total. The normalized spacial score (nSPS) is 11.8. The van der Waals surface area contributed by atoms with Crippen molar-refractivity contribution in [2.75, 3.05) is 12.4 Å². The van der Waals surface area contributed by atoms with Crippen LogP contribution in [0.15, 0.2) is 29.6 Å². The van der Waals surface area contributed by atoms with E-state index in [2.05, 4.69) is 20.4 Å². The molecule has 0 fully saturated rings. The second kappa shape index (κ2) is 11.7. The summed E-state index contributed by atoms with van der Waals surface area (Å²) < 4.78 is 11.2. The van der Waals surface area contributed by atoms with E-state index >= 15 is 0 Å². The summed E-state index contributed by atoms with van der Waals surface area (Å²) >= 11 is 0. The topological polar surface area (TPSA) is 112 Å². The number of carbonyl (C=O) groups excluding carboxylic acids is 3. The summed E-state index contributed by atoms with van der Waals surface area (Å²) in [5.41, 5.74) is 0.0922. The summed E-state index contributed by atoms with van der Waals surface area (Å²) in [5, 5.41) is 5.13. The SMILES string of the molecule is C/C=C(\C=C(/C)C(=O)OC)NC(=O)c1nc(NC(=O)OC(C)(C)C)cn1C.CC. The third-order valence-corrected chi connectivity index (χ3v) is 3.16. The minimum Gasteiger partial charge on any atom is -0.466 e. The Hall–Kier alpha value is -3.10. The molecule has 0 aliphatic heterocycles. The number of nitrogens with one attached hydrogen (secondary N) is 2. The first kappa shape index (κ1) is 25.9. The summed E-state index contributed by atoms with van der Waals surface area (Å²) in [5.74, 6) is -0.745. The second-order valence-corrected chi connectivity index (χ2v) is 6.70. The van der Waals surface area contributed by atoms with Crippen LogP contribution in [0.2, 0.25) is 0 Å². The molecule has 9 heteroatoms. The van der Waals surface area contributed by atoms with Crippen LogP contribution in [0.3, 0.4) is 0 Å². The van der Waals surface area contributed by atoms with E-state index in [1.165, 1.54) is 23.9 Å². The second-order valence-electron chi connectivity index (χ2n) is 6.70. The van der Waals surface area contributed by atoms with Gasteiger partial charge in [0.05, 0.1) is 7.11 Å². The maximum atomic E-state index is 12.5. The molecule has 0 saturated carbocycles. The van der Waals surface area contributed by atoms with E-state index < -0.39 is 23.6 Å². The number of rotatable bonds is 5. The largest absolute Gasteiger partial charge is 0.466 e. The van der Waals surface area contributed by atoms with E-state index in [0.717, 1.165) is 0 Å². The molecule has 9 nitrogen and oxygen atoms in total. The van der Waals surface area contributed by atoms with Gasteiger partial charge in [0.25, 0.3) is 5.91 Å². The van der Waals surface area contributed by atoms with Crippen LogP contribution in [-0.4, -0.2) is 40.2 Å². The van der Waals surface area contributed by atoms with Crippen molar-refractivity contribution in [1.29, 1.82) is 0 Å². The van der Waals surface area contributed by atoms with Gasteiger partial charge in [0.1, 0.15) is 5.60 Å². The maximum Gasteiger partial charge on any atom is 0.413 e. The standard InChI is InChI=1S/C18H26N4O5.C2H6/c1-8-12(9-11(2)16(24)26-7)19-15(23)14-20-13(10-22(14)6)21-17(25)27-18(3,4)5;1-2/h8-10H,1-7H3,(H,19,23)(H,21,25);1-2H3/b11-9+,12-8+;. The van der Waals surface area contributed by atoms with Gasteiger partial charge in [0.15, 0.2) is 5.82 Å². The average molecular weight is 408 g/mol. The van der Waals surface area contributed by atoms with Crippen LogP contribution < -0.4 is 10.6 Å². The number of anilines is 1. The Balaban J connectivity index is 0.00000379. The molecule has 0 aromatic carbocycles. The first-order valence-electron chi connectivity index (χ1n) is 9.24. The summed E-state index contributed by atoms with van der Waals surface area (Å²) in [7, 11) is 2.90. The van der Waals surface area contributed by atoms with Gasteiger partial charge in [0.2, 0.25) is 5.82 Å². The van der Waals surface area contributed by atoms with Gasteiger partial charge in [-0.05, 0) is 40.7 Å². The van der Waals surface area contributed by atoms with Crippen LogP contribution in [0.4, 0.5) is 10.6 Å². The molecule has 1 aromatic heterocycles. The number of imidazole rings is 1. The molecule has 1 aromatic rings. The number of allylic oxidation sites excluding steroid dienone is 2. The van der Waals surface area contributed by atoms with Crippen LogP contribution in [-0.2, 0) is 21.3 Å². The van der Waals surface area contributed by atoms with Gasteiger partial charge in [-0.15, -0.1) is 0 Å². The highest BCUT2D eigenvalue weighted by molar-refractivity contribution is 5.94. The Bertz CT molecular complexity index is 785. The molecule has 1 rings (SSSR count). The number of amides is 2. The quantitative estimate of drug-likeness (QED) is 0.438. The molecule has 162 valence electrons. The number of aryl methyl sites for hydroxylation is 1. The molecule has 0 saturated heterocycles. The van der Waals surface area contributed by atoms with Crippen molar-refractivity contribution in [2.24, 2.45) is 7.05 Å². The lowest BCUT2D eigenvalue weighted by Gasteiger charge is -2.18. The van der Waals surface area contributed by atoms with Crippen molar-refractivity contribution < 1.29 is 23.9 Å². The van der Waals surface area contributed by atoms with E-state index in [1.54, 1.807) is 47.7 Å². The Labute approximate surface area is 172 Å². The minimum atomic E-state index is -0.668. The molecule has 29 heavy (non-hydrogen) atoms. The van der Waals surface area contributed by atoms with Crippen molar-refractivity contribution in [3.05, 3.63) is 35.4 Å². The zero-order valence-electron chi connectivity index (χ0n) is 18.7. The number of hydrogen-bond acceptors (Lipinski definition) is 6. The van der Waals surface area contributed by atoms with Gasteiger partial charge < -0.3 is 19.4 Å². The fraction of sp³-hybridized carbons (Fsp3) is 0.500. The lowest BCUT2D eigenvalue weighted by molar-refractivity contribution is -0.136. The third kappa shape index (κ3) is 9.09. The predicted molar refractivity (Wildman–Crippen MR) is 111 cm³/mol. The first-order valence-corrected chi connectivity index (χ1v) is 9.24. The molecule has 0 unspecified atom stereocenters. The van der Waals surface area contributed by atoms with E-state index in [1.807, 2.05) is 13.8 Å². The summed E-state index contributed by atoms with van der Waals surface area (Å²) in [6.07, 6.45) is 3.95. The predicted octanol–water partition coefficient (Wildman–Crippen LogP) is 3.55. The van der Waals surface area contributed by atoms with Gasteiger partial charge >= 0.3 is 12.1 Å². The maximum absolute atomic E-state index is 12.5. The monoisotopic (exact) mass is 408 g/mol. The number of methoxy groups -OCH3 is 1. The van der Waals surface area contributed by atoms with Gasteiger partial charge in [-0.1, -0.05) is 19.9 Å². The lowest BCUT2D eigenvalue weighted by Crippen LogP contribution is -2.27. The van der Waals surface area contributed by atoms with E-state index in [4.69, 9.17) is 4.74 Å². The molecular weight excluding hydrogens is 376 g/mol.